The van der Waals surface area contributed by atoms with Crippen LogP contribution in [0.3, 0.4) is 0 Å². The Morgan fingerprint density at radius 2 is 2.05 bits per heavy atom. The molecule has 0 atom stereocenters. The van der Waals surface area contributed by atoms with E-state index in [4.69, 9.17) is 20.8 Å². The number of halogens is 1. The molecule has 0 aliphatic carbocycles. The van der Waals surface area contributed by atoms with Crippen LogP contribution in [0.15, 0.2) is 28.7 Å². The number of hydrogen-bond donors (Lipinski definition) is 1. The van der Waals surface area contributed by atoms with Crippen molar-refractivity contribution >= 4 is 11.6 Å². The Kier molecular flexibility index (Phi) is 5.71. The molecular weight excluding hydrogens is 286 g/mol. The molecule has 4 heteroatoms. The van der Waals surface area contributed by atoms with E-state index in [0.29, 0.717) is 17.4 Å². The van der Waals surface area contributed by atoms with Gasteiger partial charge in [0.2, 0.25) is 0 Å². The minimum absolute atomic E-state index is 0.387. The Bertz CT molecular complexity index is 592. The van der Waals surface area contributed by atoms with Crippen LogP contribution in [0.25, 0.3) is 0 Å². The molecule has 0 radical (unpaired) electrons. The molecule has 3 nitrogen and oxygen atoms in total. The second-order valence-electron chi connectivity index (χ2n) is 5.22. The van der Waals surface area contributed by atoms with E-state index >= 15 is 0 Å². The van der Waals surface area contributed by atoms with Gasteiger partial charge in [0.15, 0.2) is 0 Å². The summed E-state index contributed by atoms with van der Waals surface area (Å²) < 4.78 is 11.6. The van der Waals surface area contributed by atoms with Crippen LogP contribution >= 0.6 is 11.6 Å². The number of rotatable bonds is 7. The van der Waals surface area contributed by atoms with E-state index in [2.05, 4.69) is 19.2 Å². The van der Waals surface area contributed by atoms with E-state index in [9.17, 15) is 0 Å². The maximum absolute atomic E-state index is 6.12. The van der Waals surface area contributed by atoms with Crippen molar-refractivity contribution in [1.29, 1.82) is 0 Å². The van der Waals surface area contributed by atoms with Crippen LogP contribution in [-0.4, -0.2) is 6.54 Å². The number of nitrogens with one attached hydrogen (secondary N) is 1. The number of aryl methyl sites for hydroxylation is 2. The molecule has 0 unspecified atom stereocenters. The highest BCUT2D eigenvalue weighted by Gasteiger charge is 2.09. The van der Waals surface area contributed by atoms with E-state index in [-0.39, 0.29) is 0 Å². The first-order valence-electron chi connectivity index (χ1n) is 7.28. The van der Waals surface area contributed by atoms with Gasteiger partial charge in [0.1, 0.15) is 23.9 Å². The average molecular weight is 308 g/mol. The van der Waals surface area contributed by atoms with Crippen LogP contribution in [0.1, 0.15) is 36.0 Å². The Labute approximate surface area is 131 Å². The number of hydrogen-bond acceptors (Lipinski definition) is 3. The van der Waals surface area contributed by atoms with Crippen LogP contribution < -0.4 is 10.1 Å². The SMILES string of the molecule is CCCNCc1oc(COc2cc(C)ccc2Cl)cc1C. The molecule has 1 N–H and O–H groups in total. The van der Waals surface area contributed by atoms with Crippen molar-refractivity contribution in [3.63, 3.8) is 0 Å². The second-order valence-corrected chi connectivity index (χ2v) is 5.63. The third kappa shape index (κ3) is 4.51. The number of ether oxygens (including phenoxy) is 1. The fourth-order valence-electron chi connectivity index (χ4n) is 2.09. The van der Waals surface area contributed by atoms with Crippen LogP contribution in [0, 0.1) is 13.8 Å². The molecule has 0 saturated heterocycles. The Morgan fingerprint density at radius 3 is 2.81 bits per heavy atom. The van der Waals surface area contributed by atoms with E-state index in [1.165, 1.54) is 0 Å². The molecule has 1 aromatic heterocycles. The third-order valence-electron chi connectivity index (χ3n) is 3.24. The van der Waals surface area contributed by atoms with Crippen molar-refractivity contribution in [1.82, 2.24) is 5.32 Å². The molecule has 0 amide bonds. The van der Waals surface area contributed by atoms with Gasteiger partial charge in [-0.3, -0.25) is 0 Å². The topological polar surface area (TPSA) is 34.4 Å². The van der Waals surface area contributed by atoms with Crippen LogP contribution in [0.5, 0.6) is 5.75 Å². The lowest BCUT2D eigenvalue weighted by atomic mass is 10.2. The van der Waals surface area contributed by atoms with Gasteiger partial charge in [0.25, 0.3) is 0 Å². The van der Waals surface area contributed by atoms with Gasteiger partial charge in [-0.25, -0.2) is 0 Å². The van der Waals surface area contributed by atoms with E-state index in [1.54, 1.807) is 0 Å². The summed E-state index contributed by atoms with van der Waals surface area (Å²) in [6, 6.07) is 7.76. The maximum atomic E-state index is 6.12. The average Bonchev–Trinajstić information content (AvgIpc) is 2.81. The zero-order valence-corrected chi connectivity index (χ0v) is 13.6. The monoisotopic (exact) mass is 307 g/mol. The predicted molar refractivity (Wildman–Crippen MR) is 86.0 cm³/mol. The van der Waals surface area contributed by atoms with Crippen molar-refractivity contribution in [2.75, 3.05) is 6.54 Å². The summed E-state index contributed by atoms with van der Waals surface area (Å²) >= 11 is 6.12. The molecule has 1 aromatic carbocycles. The molecule has 2 aromatic rings. The van der Waals surface area contributed by atoms with E-state index < -0.39 is 0 Å². The van der Waals surface area contributed by atoms with Crippen molar-refractivity contribution in [3.05, 3.63) is 51.9 Å². The summed E-state index contributed by atoms with van der Waals surface area (Å²) in [5.74, 6) is 2.48. The summed E-state index contributed by atoms with van der Waals surface area (Å²) in [7, 11) is 0. The molecule has 0 aliphatic heterocycles. The maximum Gasteiger partial charge on any atom is 0.146 e. The van der Waals surface area contributed by atoms with E-state index in [1.807, 2.05) is 31.2 Å². The largest absolute Gasteiger partial charge is 0.484 e. The molecule has 0 bridgehead atoms. The van der Waals surface area contributed by atoms with Gasteiger partial charge in [-0.2, -0.15) is 0 Å². The van der Waals surface area contributed by atoms with Crippen molar-refractivity contribution in [2.45, 2.75) is 40.3 Å². The Balaban J connectivity index is 1.97. The minimum Gasteiger partial charge on any atom is -0.484 e. The highest BCUT2D eigenvalue weighted by Crippen LogP contribution is 2.26. The molecule has 0 fully saturated rings. The van der Waals surface area contributed by atoms with Gasteiger partial charge < -0.3 is 14.5 Å². The van der Waals surface area contributed by atoms with Crippen molar-refractivity contribution < 1.29 is 9.15 Å². The smallest absolute Gasteiger partial charge is 0.146 e. The highest BCUT2D eigenvalue weighted by molar-refractivity contribution is 6.32. The number of benzene rings is 1. The molecule has 0 saturated carbocycles. The quantitative estimate of drug-likeness (QED) is 0.757. The predicted octanol–water partition coefficient (Wildman–Crippen LogP) is 4.63. The lowest BCUT2D eigenvalue weighted by molar-refractivity contribution is 0.265. The van der Waals surface area contributed by atoms with Crippen molar-refractivity contribution in [2.24, 2.45) is 0 Å². The highest BCUT2D eigenvalue weighted by atomic mass is 35.5. The summed E-state index contributed by atoms with van der Waals surface area (Å²) in [6.45, 7) is 8.34. The van der Waals surface area contributed by atoms with Gasteiger partial charge in [0.05, 0.1) is 11.6 Å². The van der Waals surface area contributed by atoms with Crippen molar-refractivity contribution in [3.8, 4) is 5.75 Å². The lowest BCUT2D eigenvalue weighted by Crippen LogP contribution is -2.13. The summed E-state index contributed by atoms with van der Waals surface area (Å²) in [5.41, 5.74) is 2.27. The summed E-state index contributed by atoms with van der Waals surface area (Å²) in [6.07, 6.45) is 1.11. The van der Waals surface area contributed by atoms with Crippen LogP contribution in [0.2, 0.25) is 5.02 Å². The molecule has 21 heavy (non-hydrogen) atoms. The molecule has 2 rings (SSSR count). The Hall–Kier alpha value is -1.45. The summed E-state index contributed by atoms with van der Waals surface area (Å²) in [5, 5.41) is 3.96. The third-order valence-corrected chi connectivity index (χ3v) is 3.55. The zero-order valence-electron chi connectivity index (χ0n) is 12.8. The molecule has 114 valence electrons. The second kappa shape index (κ2) is 7.53. The normalized spacial score (nSPS) is 10.9. The summed E-state index contributed by atoms with van der Waals surface area (Å²) in [4.78, 5) is 0. The van der Waals surface area contributed by atoms with Crippen LogP contribution in [-0.2, 0) is 13.2 Å². The zero-order chi connectivity index (χ0) is 15.2. The van der Waals surface area contributed by atoms with Gasteiger partial charge in [-0.05, 0) is 56.1 Å². The standard InChI is InChI=1S/C17H22ClNO2/c1-4-7-19-10-17-13(3)9-14(21-17)11-20-16-8-12(2)5-6-15(16)18/h5-6,8-9,19H,4,7,10-11H2,1-3H3. The van der Waals surface area contributed by atoms with Crippen LogP contribution in [0.4, 0.5) is 0 Å². The van der Waals surface area contributed by atoms with Gasteiger partial charge in [-0.1, -0.05) is 24.6 Å². The fraction of sp³-hybridized carbons (Fsp3) is 0.412. The lowest BCUT2D eigenvalue weighted by Gasteiger charge is -2.07. The first kappa shape index (κ1) is 15.9. The first-order valence-corrected chi connectivity index (χ1v) is 7.65. The minimum atomic E-state index is 0.387. The molecule has 0 spiro atoms. The van der Waals surface area contributed by atoms with Gasteiger partial charge in [0, 0.05) is 0 Å². The fourth-order valence-corrected chi connectivity index (χ4v) is 2.26. The number of furan rings is 1. The molecule has 0 aliphatic rings. The first-order chi connectivity index (χ1) is 10.1. The van der Waals surface area contributed by atoms with Gasteiger partial charge >= 0.3 is 0 Å². The van der Waals surface area contributed by atoms with E-state index in [0.717, 1.165) is 42.2 Å². The Morgan fingerprint density at radius 1 is 1.24 bits per heavy atom. The molecular formula is C17H22ClNO2. The molecule has 1 heterocycles. The van der Waals surface area contributed by atoms with Gasteiger partial charge in [-0.15, -0.1) is 0 Å².